The Morgan fingerprint density at radius 2 is 2.31 bits per heavy atom. The van der Waals surface area contributed by atoms with Gasteiger partial charge in [0.15, 0.2) is 0 Å². The van der Waals surface area contributed by atoms with Crippen LogP contribution in [0.1, 0.15) is 22.5 Å². The third-order valence-corrected chi connectivity index (χ3v) is 2.85. The van der Waals surface area contributed by atoms with Crippen LogP contribution in [-0.2, 0) is 15.3 Å². The van der Waals surface area contributed by atoms with Crippen molar-refractivity contribution in [2.45, 2.75) is 12.2 Å². The molecule has 0 aliphatic rings. The van der Waals surface area contributed by atoms with E-state index in [9.17, 15) is 9.59 Å². The molecular weight excluding hydrogens is 232 g/mol. The lowest BCUT2D eigenvalue weighted by Gasteiger charge is -2.00. The average Bonchev–Trinajstić information content (AvgIpc) is 2.72. The van der Waals surface area contributed by atoms with Gasteiger partial charge in [-0.25, -0.2) is 4.79 Å². The molecule has 6 heteroatoms. The van der Waals surface area contributed by atoms with Gasteiger partial charge in [0.1, 0.15) is 11.3 Å². The average molecular weight is 244 g/mol. The van der Waals surface area contributed by atoms with Crippen LogP contribution in [0.5, 0.6) is 0 Å². The standard InChI is InChI=1S/C10H12O5S/c1-14-9(11)3-5-16-6-8-7(10(12)13)2-4-15-8/h2,4H,3,5-6H2,1H3,(H,12,13). The Morgan fingerprint density at radius 3 is 2.94 bits per heavy atom. The van der Waals surface area contributed by atoms with Crippen molar-refractivity contribution in [3.05, 3.63) is 23.7 Å². The smallest absolute Gasteiger partial charge is 0.339 e. The first kappa shape index (κ1) is 12.6. The number of aromatic carboxylic acids is 1. The van der Waals surface area contributed by atoms with Gasteiger partial charge >= 0.3 is 11.9 Å². The van der Waals surface area contributed by atoms with Crippen molar-refractivity contribution >= 4 is 23.7 Å². The van der Waals surface area contributed by atoms with Crippen molar-refractivity contribution in [1.29, 1.82) is 0 Å². The number of hydrogen-bond donors (Lipinski definition) is 1. The largest absolute Gasteiger partial charge is 0.478 e. The van der Waals surface area contributed by atoms with E-state index >= 15 is 0 Å². The number of rotatable bonds is 6. The summed E-state index contributed by atoms with van der Waals surface area (Å²) in [6, 6.07) is 1.42. The molecular formula is C10H12O5S. The number of carboxylic acids is 1. The molecule has 0 bridgehead atoms. The Kier molecular flexibility index (Phi) is 4.91. The molecule has 0 amide bonds. The minimum atomic E-state index is -1.00. The van der Waals surface area contributed by atoms with Crippen LogP contribution in [0.15, 0.2) is 16.7 Å². The van der Waals surface area contributed by atoms with Crippen LogP contribution >= 0.6 is 11.8 Å². The molecule has 16 heavy (non-hydrogen) atoms. The molecule has 1 heterocycles. The van der Waals surface area contributed by atoms with Crippen LogP contribution in [0.25, 0.3) is 0 Å². The monoisotopic (exact) mass is 244 g/mol. The van der Waals surface area contributed by atoms with E-state index in [1.54, 1.807) is 0 Å². The fourth-order valence-electron chi connectivity index (χ4n) is 1.07. The summed E-state index contributed by atoms with van der Waals surface area (Å²) in [4.78, 5) is 21.5. The van der Waals surface area contributed by atoms with Gasteiger partial charge in [0.25, 0.3) is 0 Å². The van der Waals surface area contributed by atoms with Crippen LogP contribution in [-0.4, -0.2) is 29.9 Å². The minimum absolute atomic E-state index is 0.172. The molecule has 0 radical (unpaired) electrons. The Labute approximate surface area is 96.8 Å². The van der Waals surface area contributed by atoms with Crippen molar-refractivity contribution in [1.82, 2.24) is 0 Å². The number of furan rings is 1. The number of thioether (sulfide) groups is 1. The lowest BCUT2D eigenvalue weighted by Crippen LogP contribution is -2.02. The zero-order chi connectivity index (χ0) is 12.0. The summed E-state index contributed by atoms with van der Waals surface area (Å²) >= 11 is 1.43. The minimum Gasteiger partial charge on any atom is -0.478 e. The lowest BCUT2D eigenvalue weighted by molar-refractivity contribution is -0.140. The highest BCUT2D eigenvalue weighted by Crippen LogP contribution is 2.18. The molecule has 5 nitrogen and oxygen atoms in total. The Balaban J connectivity index is 2.34. The normalized spacial score (nSPS) is 10.1. The highest BCUT2D eigenvalue weighted by atomic mass is 32.2. The maximum atomic E-state index is 10.8. The summed E-state index contributed by atoms with van der Waals surface area (Å²) in [6.07, 6.45) is 1.66. The van der Waals surface area contributed by atoms with Gasteiger partial charge in [-0.05, 0) is 6.07 Å². The number of ether oxygens (including phenoxy) is 1. The van der Waals surface area contributed by atoms with Crippen LogP contribution in [0.3, 0.4) is 0 Å². The van der Waals surface area contributed by atoms with Crippen LogP contribution in [0.2, 0.25) is 0 Å². The molecule has 0 saturated heterocycles. The SMILES string of the molecule is COC(=O)CCSCc1occc1C(=O)O. The first-order chi connectivity index (χ1) is 7.65. The van der Waals surface area contributed by atoms with Gasteiger partial charge < -0.3 is 14.3 Å². The number of carbonyl (C=O) groups excluding carboxylic acids is 1. The van der Waals surface area contributed by atoms with Gasteiger partial charge in [0.2, 0.25) is 0 Å². The third-order valence-electron chi connectivity index (χ3n) is 1.89. The zero-order valence-electron chi connectivity index (χ0n) is 8.76. The predicted octanol–water partition coefficient (Wildman–Crippen LogP) is 1.77. The van der Waals surface area contributed by atoms with Crippen LogP contribution in [0, 0.1) is 0 Å². The summed E-state index contributed by atoms with van der Waals surface area (Å²) in [5, 5.41) is 8.79. The Morgan fingerprint density at radius 1 is 1.56 bits per heavy atom. The first-order valence-electron chi connectivity index (χ1n) is 4.59. The molecule has 88 valence electrons. The lowest BCUT2D eigenvalue weighted by atomic mass is 10.3. The van der Waals surface area contributed by atoms with E-state index in [2.05, 4.69) is 4.74 Å². The second-order valence-corrected chi connectivity index (χ2v) is 4.05. The van der Waals surface area contributed by atoms with Gasteiger partial charge in [0.05, 0.1) is 25.5 Å². The molecule has 0 aliphatic heterocycles. The molecule has 1 aromatic rings. The van der Waals surface area contributed by atoms with E-state index in [1.165, 1.54) is 31.2 Å². The van der Waals surface area contributed by atoms with Crippen molar-refractivity contribution in [3.63, 3.8) is 0 Å². The Hall–Kier alpha value is -1.43. The van der Waals surface area contributed by atoms with E-state index < -0.39 is 5.97 Å². The maximum absolute atomic E-state index is 10.8. The summed E-state index contributed by atoms with van der Waals surface area (Å²) in [7, 11) is 1.34. The van der Waals surface area contributed by atoms with E-state index in [-0.39, 0.29) is 11.5 Å². The molecule has 0 unspecified atom stereocenters. The van der Waals surface area contributed by atoms with E-state index in [4.69, 9.17) is 9.52 Å². The van der Waals surface area contributed by atoms with Crippen molar-refractivity contribution < 1.29 is 23.8 Å². The summed E-state index contributed by atoms with van der Waals surface area (Å²) in [5.74, 6) is 0.156. The maximum Gasteiger partial charge on any atom is 0.339 e. The molecule has 1 aromatic heterocycles. The molecule has 0 spiro atoms. The number of esters is 1. The van der Waals surface area contributed by atoms with Gasteiger partial charge in [0, 0.05) is 5.75 Å². The highest BCUT2D eigenvalue weighted by molar-refractivity contribution is 7.98. The van der Waals surface area contributed by atoms with E-state index in [0.717, 1.165) is 0 Å². The van der Waals surface area contributed by atoms with E-state index in [0.29, 0.717) is 23.7 Å². The molecule has 0 atom stereocenters. The number of carboxylic acid groups (broad SMARTS) is 1. The van der Waals surface area contributed by atoms with Crippen molar-refractivity contribution in [2.24, 2.45) is 0 Å². The molecule has 0 aliphatic carbocycles. The number of carbonyl (C=O) groups is 2. The fourth-order valence-corrected chi connectivity index (χ4v) is 1.93. The second-order valence-electron chi connectivity index (χ2n) is 2.94. The Bertz CT molecular complexity index is 371. The van der Waals surface area contributed by atoms with Crippen molar-refractivity contribution in [2.75, 3.05) is 12.9 Å². The third kappa shape index (κ3) is 3.62. The van der Waals surface area contributed by atoms with Gasteiger partial charge in [-0.1, -0.05) is 0 Å². The molecule has 0 aromatic carbocycles. The van der Waals surface area contributed by atoms with Gasteiger partial charge in [-0.2, -0.15) is 11.8 Å². The van der Waals surface area contributed by atoms with Gasteiger partial charge in [-0.3, -0.25) is 4.79 Å². The molecule has 1 rings (SSSR count). The van der Waals surface area contributed by atoms with Crippen molar-refractivity contribution in [3.8, 4) is 0 Å². The topological polar surface area (TPSA) is 76.7 Å². The highest BCUT2D eigenvalue weighted by Gasteiger charge is 2.13. The quantitative estimate of drug-likeness (QED) is 0.607. The number of hydrogen-bond acceptors (Lipinski definition) is 5. The number of methoxy groups -OCH3 is 1. The second kappa shape index (κ2) is 6.22. The molecule has 1 N–H and O–H groups in total. The van der Waals surface area contributed by atoms with Gasteiger partial charge in [-0.15, -0.1) is 0 Å². The first-order valence-corrected chi connectivity index (χ1v) is 5.75. The molecule has 0 fully saturated rings. The summed E-state index contributed by atoms with van der Waals surface area (Å²) in [6.45, 7) is 0. The van der Waals surface area contributed by atoms with Crippen LogP contribution < -0.4 is 0 Å². The van der Waals surface area contributed by atoms with E-state index in [1.807, 2.05) is 0 Å². The predicted molar refractivity (Wildman–Crippen MR) is 58.5 cm³/mol. The summed E-state index contributed by atoms with van der Waals surface area (Å²) < 4.78 is 9.52. The summed E-state index contributed by atoms with van der Waals surface area (Å²) in [5.41, 5.74) is 0.172. The zero-order valence-corrected chi connectivity index (χ0v) is 9.58. The molecule has 0 saturated carbocycles. The fraction of sp³-hybridized carbons (Fsp3) is 0.400. The van der Waals surface area contributed by atoms with Crippen LogP contribution in [0.4, 0.5) is 0 Å².